The van der Waals surface area contributed by atoms with Crippen LogP contribution in [0.3, 0.4) is 0 Å². The van der Waals surface area contributed by atoms with Gasteiger partial charge in [0, 0.05) is 23.7 Å². The Labute approximate surface area is 101 Å². The Bertz CT molecular complexity index is 490. The van der Waals surface area contributed by atoms with Crippen molar-refractivity contribution in [3.63, 3.8) is 0 Å². The summed E-state index contributed by atoms with van der Waals surface area (Å²) in [5.41, 5.74) is -0.526. The van der Waals surface area contributed by atoms with Crippen LogP contribution < -0.4 is 4.72 Å². The zero-order valence-electron chi connectivity index (χ0n) is 10.3. The second-order valence-corrected chi connectivity index (χ2v) is 6.56. The van der Waals surface area contributed by atoms with Crippen LogP contribution in [0.2, 0.25) is 0 Å². The fourth-order valence-electron chi connectivity index (χ4n) is 1.72. The van der Waals surface area contributed by atoms with Crippen molar-refractivity contribution in [3.05, 3.63) is 11.6 Å². The standard InChI is InChI=1S/C10H16N2O4S/c1-7-5-8(13)12(9(7)14)6-10(2,3)11-17(4,15)16/h5,11H,6H2,1-4H3. The Hall–Kier alpha value is -1.21. The molecule has 0 aromatic heterocycles. The first-order valence-electron chi connectivity index (χ1n) is 5.05. The summed E-state index contributed by atoms with van der Waals surface area (Å²) in [7, 11) is -3.39. The summed E-state index contributed by atoms with van der Waals surface area (Å²) in [5, 5.41) is 0. The first-order chi connectivity index (χ1) is 7.52. The first-order valence-corrected chi connectivity index (χ1v) is 6.94. The van der Waals surface area contributed by atoms with Crippen molar-refractivity contribution < 1.29 is 18.0 Å². The Balaban J connectivity index is 2.80. The number of hydrogen-bond acceptors (Lipinski definition) is 4. The molecule has 1 N–H and O–H groups in total. The molecule has 0 bridgehead atoms. The van der Waals surface area contributed by atoms with E-state index in [1.54, 1.807) is 20.8 Å². The van der Waals surface area contributed by atoms with Gasteiger partial charge in [0.15, 0.2) is 0 Å². The molecule has 0 aromatic carbocycles. The van der Waals surface area contributed by atoms with Crippen LogP contribution in [-0.4, -0.2) is 43.5 Å². The molecule has 0 saturated carbocycles. The van der Waals surface area contributed by atoms with Crippen LogP contribution >= 0.6 is 0 Å². The van der Waals surface area contributed by atoms with E-state index in [-0.39, 0.29) is 12.5 Å². The summed E-state index contributed by atoms with van der Waals surface area (Å²) in [4.78, 5) is 24.1. The maximum Gasteiger partial charge on any atom is 0.256 e. The quantitative estimate of drug-likeness (QED) is 0.699. The van der Waals surface area contributed by atoms with Crippen molar-refractivity contribution in [1.82, 2.24) is 9.62 Å². The van der Waals surface area contributed by atoms with Gasteiger partial charge in [-0.15, -0.1) is 0 Å². The zero-order chi connectivity index (χ0) is 13.4. The number of amides is 2. The lowest BCUT2D eigenvalue weighted by atomic mass is 10.1. The van der Waals surface area contributed by atoms with Crippen LogP contribution in [0.15, 0.2) is 11.6 Å². The van der Waals surface area contributed by atoms with Crippen molar-refractivity contribution in [2.24, 2.45) is 0 Å². The highest BCUT2D eigenvalue weighted by Crippen LogP contribution is 2.16. The maximum atomic E-state index is 11.6. The monoisotopic (exact) mass is 260 g/mol. The van der Waals surface area contributed by atoms with Gasteiger partial charge in [-0.05, 0) is 20.8 Å². The van der Waals surface area contributed by atoms with Crippen molar-refractivity contribution in [2.45, 2.75) is 26.3 Å². The van der Waals surface area contributed by atoms with E-state index in [1.165, 1.54) is 6.08 Å². The summed E-state index contributed by atoms with van der Waals surface area (Å²) in [5.74, 6) is -0.783. The van der Waals surface area contributed by atoms with Crippen LogP contribution in [0, 0.1) is 0 Å². The molecule has 7 heteroatoms. The highest BCUT2D eigenvalue weighted by Gasteiger charge is 2.34. The number of rotatable bonds is 4. The third kappa shape index (κ3) is 3.64. The van der Waals surface area contributed by atoms with E-state index in [0.717, 1.165) is 11.2 Å². The summed E-state index contributed by atoms with van der Waals surface area (Å²) >= 11 is 0. The minimum absolute atomic E-state index is 0.00553. The topological polar surface area (TPSA) is 83.6 Å². The van der Waals surface area contributed by atoms with E-state index in [2.05, 4.69) is 4.72 Å². The molecular weight excluding hydrogens is 244 g/mol. The molecule has 6 nitrogen and oxygen atoms in total. The molecule has 96 valence electrons. The van der Waals surface area contributed by atoms with Gasteiger partial charge in [-0.25, -0.2) is 13.1 Å². The van der Waals surface area contributed by atoms with Gasteiger partial charge in [-0.2, -0.15) is 0 Å². The molecule has 1 aliphatic rings. The number of sulfonamides is 1. The minimum Gasteiger partial charge on any atom is -0.273 e. The lowest BCUT2D eigenvalue weighted by Gasteiger charge is -2.29. The third-order valence-electron chi connectivity index (χ3n) is 2.20. The van der Waals surface area contributed by atoms with E-state index < -0.39 is 21.5 Å². The van der Waals surface area contributed by atoms with Crippen LogP contribution in [0.25, 0.3) is 0 Å². The Kier molecular flexibility index (Phi) is 3.45. The average Bonchev–Trinajstić information content (AvgIpc) is 2.27. The number of carbonyl (C=O) groups is 2. The van der Waals surface area contributed by atoms with E-state index in [9.17, 15) is 18.0 Å². The van der Waals surface area contributed by atoms with Gasteiger partial charge in [0.2, 0.25) is 10.0 Å². The molecule has 17 heavy (non-hydrogen) atoms. The summed E-state index contributed by atoms with van der Waals surface area (Å²) < 4.78 is 24.7. The van der Waals surface area contributed by atoms with Gasteiger partial charge in [0.25, 0.3) is 11.8 Å². The smallest absolute Gasteiger partial charge is 0.256 e. The number of imide groups is 1. The zero-order valence-corrected chi connectivity index (χ0v) is 11.1. The van der Waals surface area contributed by atoms with Crippen molar-refractivity contribution in [2.75, 3.05) is 12.8 Å². The number of nitrogens with zero attached hydrogens (tertiary/aromatic N) is 1. The van der Waals surface area contributed by atoms with E-state index in [4.69, 9.17) is 0 Å². The van der Waals surface area contributed by atoms with E-state index in [0.29, 0.717) is 5.57 Å². The fraction of sp³-hybridized carbons (Fsp3) is 0.600. The van der Waals surface area contributed by atoms with E-state index in [1.807, 2.05) is 0 Å². The molecular formula is C10H16N2O4S. The summed E-state index contributed by atoms with van der Waals surface area (Å²) in [6, 6.07) is 0. The lowest BCUT2D eigenvalue weighted by Crippen LogP contribution is -2.52. The second kappa shape index (κ2) is 4.23. The molecule has 0 aromatic rings. The first kappa shape index (κ1) is 13.9. The molecule has 1 heterocycles. The third-order valence-corrected chi connectivity index (χ3v) is 3.13. The van der Waals surface area contributed by atoms with Crippen LogP contribution in [0.4, 0.5) is 0 Å². The number of hydrogen-bond donors (Lipinski definition) is 1. The number of carbonyl (C=O) groups excluding carboxylic acids is 2. The Morgan fingerprint density at radius 1 is 1.35 bits per heavy atom. The molecule has 0 aliphatic carbocycles. The molecule has 0 unspecified atom stereocenters. The molecule has 0 saturated heterocycles. The predicted octanol–water partition coefficient (Wildman–Crippen LogP) is -0.371. The molecule has 2 amide bonds. The SMILES string of the molecule is CC1=CC(=O)N(CC(C)(C)NS(C)(=O)=O)C1=O. The Morgan fingerprint density at radius 3 is 2.24 bits per heavy atom. The van der Waals surface area contributed by atoms with Crippen LogP contribution in [0.5, 0.6) is 0 Å². The molecule has 0 fully saturated rings. The highest BCUT2D eigenvalue weighted by atomic mass is 32.2. The average molecular weight is 260 g/mol. The largest absolute Gasteiger partial charge is 0.273 e. The number of nitrogens with one attached hydrogen (secondary N) is 1. The summed E-state index contributed by atoms with van der Waals surface area (Å²) in [6.07, 6.45) is 2.28. The molecule has 0 spiro atoms. The van der Waals surface area contributed by atoms with Crippen molar-refractivity contribution in [3.8, 4) is 0 Å². The van der Waals surface area contributed by atoms with Crippen LogP contribution in [-0.2, 0) is 19.6 Å². The minimum atomic E-state index is -3.39. The normalized spacial score (nSPS) is 17.6. The molecule has 0 atom stereocenters. The van der Waals surface area contributed by atoms with Gasteiger partial charge in [-0.1, -0.05) is 0 Å². The van der Waals surface area contributed by atoms with Gasteiger partial charge in [-0.3, -0.25) is 14.5 Å². The predicted molar refractivity (Wildman–Crippen MR) is 62.5 cm³/mol. The van der Waals surface area contributed by atoms with E-state index >= 15 is 0 Å². The summed E-state index contributed by atoms with van der Waals surface area (Å²) in [6.45, 7) is 4.79. The van der Waals surface area contributed by atoms with Crippen molar-refractivity contribution in [1.29, 1.82) is 0 Å². The second-order valence-electron chi connectivity index (χ2n) is 4.81. The van der Waals surface area contributed by atoms with Crippen molar-refractivity contribution >= 4 is 21.8 Å². The maximum absolute atomic E-state index is 11.6. The van der Waals surface area contributed by atoms with Gasteiger partial charge in [0.05, 0.1) is 6.26 Å². The van der Waals surface area contributed by atoms with Gasteiger partial charge in [0.1, 0.15) is 0 Å². The molecule has 1 aliphatic heterocycles. The molecule has 0 radical (unpaired) electrons. The molecule has 1 rings (SSSR count). The highest BCUT2D eigenvalue weighted by molar-refractivity contribution is 7.88. The fourth-order valence-corrected chi connectivity index (χ4v) is 2.79. The van der Waals surface area contributed by atoms with Crippen LogP contribution in [0.1, 0.15) is 20.8 Å². The Morgan fingerprint density at radius 2 is 1.88 bits per heavy atom. The van der Waals surface area contributed by atoms with Gasteiger partial charge >= 0.3 is 0 Å². The van der Waals surface area contributed by atoms with Gasteiger partial charge < -0.3 is 0 Å². The lowest BCUT2D eigenvalue weighted by molar-refractivity contribution is -0.138.